The van der Waals surface area contributed by atoms with Crippen LogP contribution in [0.2, 0.25) is 0 Å². The number of carbonyl (C=O) groups excluding carboxylic acids is 2. The highest BCUT2D eigenvalue weighted by molar-refractivity contribution is 5.45. The maximum atomic E-state index is 9.91. The maximum absolute atomic E-state index is 9.91. The molecule has 0 saturated carbocycles. The van der Waals surface area contributed by atoms with Crippen molar-refractivity contribution in [2.24, 2.45) is 9.98 Å². The van der Waals surface area contributed by atoms with Crippen molar-refractivity contribution >= 4 is 24.1 Å². The van der Waals surface area contributed by atoms with Crippen molar-refractivity contribution in [3.05, 3.63) is 0 Å². The van der Waals surface area contributed by atoms with Crippen LogP contribution in [0.1, 0.15) is 0 Å². The van der Waals surface area contributed by atoms with Crippen LogP contribution in [0, 0.1) is 11.5 Å². The molecule has 1 aromatic rings. The molecular formula is C6N6O3. The number of ether oxygens (including phenoxy) is 1. The largest absolute Gasteiger partial charge is 0.348 e. The van der Waals surface area contributed by atoms with Gasteiger partial charge in [0.15, 0.2) is 0 Å². The van der Waals surface area contributed by atoms with E-state index in [4.69, 9.17) is 5.26 Å². The molecule has 15 heavy (non-hydrogen) atoms. The Morgan fingerprint density at radius 3 is 2.00 bits per heavy atom. The van der Waals surface area contributed by atoms with E-state index in [0.717, 1.165) is 0 Å². The molecule has 9 heteroatoms. The van der Waals surface area contributed by atoms with Crippen molar-refractivity contribution in [2.75, 3.05) is 0 Å². The first-order chi connectivity index (χ1) is 7.30. The van der Waals surface area contributed by atoms with Gasteiger partial charge in [0, 0.05) is 0 Å². The van der Waals surface area contributed by atoms with E-state index in [0.29, 0.717) is 0 Å². The van der Waals surface area contributed by atoms with E-state index in [1.807, 2.05) is 0 Å². The molecule has 0 bridgehead atoms. The Morgan fingerprint density at radius 1 is 1.07 bits per heavy atom. The summed E-state index contributed by atoms with van der Waals surface area (Å²) < 4.78 is 4.24. The number of hydrogen-bond acceptors (Lipinski definition) is 9. The summed E-state index contributed by atoms with van der Waals surface area (Å²) in [5.41, 5.74) is 0. The van der Waals surface area contributed by atoms with Crippen LogP contribution in [0.25, 0.3) is 0 Å². The lowest BCUT2D eigenvalue weighted by molar-refractivity contribution is 0.462. The van der Waals surface area contributed by atoms with Gasteiger partial charge in [-0.3, -0.25) is 0 Å². The molecule has 0 fully saturated rings. The first-order valence-corrected chi connectivity index (χ1v) is 3.28. The summed E-state index contributed by atoms with van der Waals surface area (Å²) in [6, 6.07) is -0.435. The minimum absolute atomic E-state index is 0.376. The van der Waals surface area contributed by atoms with Crippen LogP contribution in [-0.2, 0) is 9.59 Å². The van der Waals surface area contributed by atoms with Crippen molar-refractivity contribution in [3.63, 3.8) is 0 Å². The molecule has 0 aliphatic heterocycles. The van der Waals surface area contributed by atoms with Crippen molar-refractivity contribution < 1.29 is 14.3 Å². The zero-order valence-electron chi connectivity index (χ0n) is 6.91. The number of nitriles is 1. The van der Waals surface area contributed by atoms with Gasteiger partial charge < -0.3 is 4.74 Å². The second-order valence-corrected chi connectivity index (χ2v) is 1.82. The van der Waals surface area contributed by atoms with Crippen LogP contribution in [0.5, 0.6) is 6.01 Å². The summed E-state index contributed by atoms with van der Waals surface area (Å²) in [5, 5.41) is 8.17. The predicted molar refractivity (Wildman–Crippen MR) is 41.6 cm³/mol. The van der Waals surface area contributed by atoms with E-state index in [9.17, 15) is 9.59 Å². The molecule has 0 amide bonds. The quantitative estimate of drug-likeness (QED) is 0.374. The van der Waals surface area contributed by atoms with Gasteiger partial charge in [-0.15, -0.1) is 15.2 Å². The van der Waals surface area contributed by atoms with Crippen LogP contribution < -0.4 is 4.74 Å². The van der Waals surface area contributed by atoms with E-state index in [1.165, 1.54) is 18.4 Å². The third kappa shape index (κ3) is 2.78. The molecule has 1 aromatic heterocycles. The molecule has 1 rings (SSSR count). The highest BCUT2D eigenvalue weighted by Gasteiger charge is 2.06. The number of nitrogens with zero attached hydrogens (tertiary/aromatic N) is 6. The van der Waals surface area contributed by atoms with Gasteiger partial charge in [-0.1, -0.05) is 0 Å². The van der Waals surface area contributed by atoms with Gasteiger partial charge >= 0.3 is 6.01 Å². The fraction of sp³-hybridized carbons (Fsp3) is 0. The number of aliphatic imine (C=N–C) groups is 2. The maximum Gasteiger partial charge on any atom is 0.339 e. The van der Waals surface area contributed by atoms with Crippen LogP contribution in [0.4, 0.5) is 11.9 Å². The van der Waals surface area contributed by atoms with Crippen LogP contribution in [0.15, 0.2) is 9.98 Å². The molecule has 0 spiro atoms. The summed E-state index contributed by atoms with van der Waals surface area (Å²) in [7, 11) is 0. The third-order valence-corrected chi connectivity index (χ3v) is 1.02. The van der Waals surface area contributed by atoms with Crippen LogP contribution >= 0.6 is 0 Å². The Kier molecular flexibility index (Phi) is 3.34. The summed E-state index contributed by atoms with van der Waals surface area (Å²) in [5.74, 6) is -0.751. The van der Waals surface area contributed by atoms with Crippen molar-refractivity contribution in [2.45, 2.75) is 0 Å². The second-order valence-electron chi connectivity index (χ2n) is 1.82. The van der Waals surface area contributed by atoms with Gasteiger partial charge in [-0.2, -0.15) is 15.0 Å². The Morgan fingerprint density at radius 2 is 1.60 bits per heavy atom. The molecule has 0 aromatic carbocycles. The highest BCUT2D eigenvalue weighted by atomic mass is 16.5. The minimum atomic E-state index is -0.435. The number of hydrogen-bond donors (Lipinski definition) is 0. The molecule has 72 valence electrons. The summed E-state index contributed by atoms with van der Waals surface area (Å²) in [6.45, 7) is 0. The van der Waals surface area contributed by atoms with E-state index in [-0.39, 0.29) is 11.9 Å². The van der Waals surface area contributed by atoms with E-state index in [2.05, 4.69) is 29.7 Å². The van der Waals surface area contributed by atoms with Crippen molar-refractivity contribution in [1.29, 1.82) is 5.26 Å². The zero-order valence-corrected chi connectivity index (χ0v) is 6.91. The molecule has 0 unspecified atom stereocenters. The highest BCUT2D eigenvalue weighted by Crippen LogP contribution is 2.14. The van der Waals surface area contributed by atoms with Gasteiger partial charge in [0.1, 0.15) is 0 Å². The monoisotopic (exact) mass is 204 g/mol. The van der Waals surface area contributed by atoms with Crippen molar-refractivity contribution in [3.8, 4) is 12.3 Å². The zero-order chi connectivity index (χ0) is 11.1. The smallest absolute Gasteiger partial charge is 0.339 e. The number of aromatic nitrogens is 3. The normalized spacial score (nSPS) is 7.93. The fourth-order valence-corrected chi connectivity index (χ4v) is 0.604. The molecule has 1 heterocycles. The van der Waals surface area contributed by atoms with Crippen LogP contribution in [-0.4, -0.2) is 27.1 Å². The number of rotatable bonds is 3. The molecule has 0 atom stereocenters. The standard InChI is InChI=1S/C6N6O3/c7-1-15-6-11-4(8-2-13)10-5(12-6)9-3-14. The van der Waals surface area contributed by atoms with Gasteiger partial charge in [0.25, 0.3) is 18.2 Å². The SMILES string of the molecule is N#COc1nc(N=C=O)nc(N=C=O)n1. The van der Waals surface area contributed by atoms with Gasteiger partial charge in [-0.25, -0.2) is 9.59 Å². The fourth-order valence-electron chi connectivity index (χ4n) is 0.604. The van der Waals surface area contributed by atoms with Gasteiger partial charge in [-0.05, 0) is 0 Å². The molecule has 0 aliphatic rings. The average molecular weight is 204 g/mol. The van der Waals surface area contributed by atoms with Crippen LogP contribution in [0.3, 0.4) is 0 Å². The Balaban J connectivity index is 3.25. The topological polar surface area (TPSA) is 131 Å². The third-order valence-electron chi connectivity index (χ3n) is 1.02. The van der Waals surface area contributed by atoms with Crippen molar-refractivity contribution in [1.82, 2.24) is 15.0 Å². The lowest BCUT2D eigenvalue weighted by Crippen LogP contribution is -1.93. The second kappa shape index (κ2) is 4.94. The molecule has 0 saturated heterocycles. The van der Waals surface area contributed by atoms with E-state index < -0.39 is 6.01 Å². The Hall–Kier alpha value is -2.94. The molecule has 0 aliphatic carbocycles. The number of isocyanates is 2. The first-order valence-electron chi connectivity index (χ1n) is 3.28. The van der Waals surface area contributed by atoms with E-state index >= 15 is 0 Å². The average Bonchev–Trinajstić information content (AvgIpc) is 2.19. The Labute approximate surface area is 81.8 Å². The summed E-state index contributed by atoms with van der Waals surface area (Å²) in [6.07, 6.45) is 3.62. The lowest BCUT2D eigenvalue weighted by Gasteiger charge is -1.94. The predicted octanol–water partition coefficient (Wildman–Crippen LogP) is -0.334. The molecule has 0 radical (unpaired) electrons. The lowest BCUT2D eigenvalue weighted by atomic mass is 10.8. The Bertz CT molecular complexity index is 472. The summed E-state index contributed by atoms with van der Waals surface area (Å²) >= 11 is 0. The molecule has 9 nitrogen and oxygen atoms in total. The van der Waals surface area contributed by atoms with Gasteiger partial charge in [0.05, 0.1) is 0 Å². The van der Waals surface area contributed by atoms with Gasteiger partial charge in [0.2, 0.25) is 12.2 Å². The summed E-state index contributed by atoms with van der Waals surface area (Å²) in [4.78, 5) is 36.1. The van der Waals surface area contributed by atoms with E-state index in [1.54, 1.807) is 0 Å². The minimum Gasteiger partial charge on any atom is -0.348 e. The molecular weight excluding hydrogens is 204 g/mol. The molecule has 0 N–H and O–H groups in total. The first kappa shape index (κ1) is 10.1.